The van der Waals surface area contributed by atoms with E-state index in [9.17, 15) is 19.8 Å². The van der Waals surface area contributed by atoms with Gasteiger partial charge in [-0.1, -0.05) is 262 Å². The van der Waals surface area contributed by atoms with E-state index in [1.165, 1.54) is 244 Å². The highest BCUT2D eigenvalue weighted by atomic mass is 16.5. The van der Waals surface area contributed by atoms with Gasteiger partial charge in [-0.2, -0.15) is 0 Å². The summed E-state index contributed by atoms with van der Waals surface area (Å²) in [7, 11) is 0. The Bertz CT molecular complexity index is 1100. The molecule has 0 spiro atoms. The number of aliphatic hydroxyl groups is 2. The molecule has 0 aliphatic heterocycles. The summed E-state index contributed by atoms with van der Waals surface area (Å²) < 4.78 is 5.47. The lowest BCUT2D eigenvalue weighted by molar-refractivity contribution is -0.143. The molecule has 0 bridgehead atoms. The Balaban J connectivity index is 3.46. The number of carbonyl (C=O) groups is 2. The molecule has 3 N–H and O–H groups in total. The van der Waals surface area contributed by atoms with Crippen molar-refractivity contribution in [1.29, 1.82) is 0 Å². The molecule has 1 amide bonds. The Morgan fingerprint density at radius 3 is 1.04 bits per heavy atom. The minimum atomic E-state index is -0.850. The van der Waals surface area contributed by atoms with Gasteiger partial charge >= 0.3 is 5.97 Å². The van der Waals surface area contributed by atoms with E-state index in [4.69, 9.17) is 4.74 Å². The highest BCUT2D eigenvalue weighted by Crippen LogP contribution is 2.16. The SMILES string of the molecule is CCCCCCC/C=C\CCCCCCCC(=O)OCCCCCCCCCCCC/C=C\CCCCCCCCCC(=O)NC(CO)C(O)/C=C/CCCCCCCCCCCCCCCC. The summed E-state index contributed by atoms with van der Waals surface area (Å²) in [4.78, 5) is 24.5. The molecule has 0 aromatic carbocycles. The molecule has 2 unspecified atom stereocenters. The molecule has 6 nitrogen and oxygen atoms in total. The zero-order valence-corrected chi connectivity index (χ0v) is 45.6. The third-order valence-electron chi connectivity index (χ3n) is 13.9. The van der Waals surface area contributed by atoms with Gasteiger partial charge in [0.25, 0.3) is 0 Å². The Morgan fingerprint density at radius 2 is 0.691 bits per heavy atom. The summed E-state index contributed by atoms with van der Waals surface area (Å²) in [5, 5.41) is 23.1. The normalized spacial score (nSPS) is 12.8. The monoisotopic (exact) mass is 956 g/mol. The van der Waals surface area contributed by atoms with E-state index in [1.807, 2.05) is 6.08 Å². The second kappa shape index (κ2) is 57.7. The lowest BCUT2D eigenvalue weighted by Crippen LogP contribution is -2.45. The number of hydrogen-bond acceptors (Lipinski definition) is 5. The number of nitrogens with one attached hydrogen (secondary N) is 1. The van der Waals surface area contributed by atoms with Crippen LogP contribution in [0.2, 0.25) is 0 Å². The third kappa shape index (κ3) is 53.4. The van der Waals surface area contributed by atoms with Crippen LogP contribution >= 0.6 is 0 Å². The molecule has 400 valence electrons. The van der Waals surface area contributed by atoms with Gasteiger partial charge in [-0.15, -0.1) is 0 Å². The summed E-state index contributed by atoms with van der Waals surface area (Å²) in [6.07, 6.45) is 71.7. The third-order valence-corrected chi connectivity index (χ3v) is 13.9. The summed E-state index contributed by atoms with van der Waals surface area (Å²) in [6.45, 7) is 4.89. The predicted octanol–water partition coefficient (Wildman–Crippen LogP) is 18.8. The van der Waals surface area contributed by atoms with Crippen LogP contribution in [0.3, 0.4) is 0 Å². The van der Waals surface area contributed by atoms with Gasteiger partial charge in [0.2, 0.25) is 5.91 Å². The number of unbranched alkanes of at least 4 members (excludes halogenated alkanes) is 41. The molecule has 0 radical (unpaired) electrons. The maximum atomic E-state index is 12.5. The highest BCUT2D eigenvalue weighted by molar-refractivity contribution is 5.76. The van der Waals surface area contributed by atoms with Crippen LogP contribution in [0.4, 0.5) is 0 Å². The minimum absolute atomic E-state index is 0.00105. The van der Waals surface area contributed by atoms with Crippen LogP contribution in [0.1, 0.15) is 322 Å². The molecule has 0 aromatic rings. The van der Waals surface area contributed by atoms with Crippen LogP contribution in [0.25, 0.3) is 0 Å². The first-order valence-electron chi connectivity index (χ1n) is 30.3. The number of allylic oxidation sites excluding steroid dienone is 5. The number of aliphatic hydroxyl groups excluding tert-OH is 2. The van der Waals surface area contributed by atoms with Crippen LogP contribution < -0.4 is 5.32 Å². The predicted molar refractivity (Wildman–Crippen MR) is 296 cm³/mol. The second-order valence-electron chi connectivity index (χ2n) is 20.7. The fraction of sp³-hybridized carbons (Fsp3) is 0.871. The van der Waals surface area contributed by atoms with Crippen molar-refractivity contribution in [1.82, 2.24) is 5.32 Å². The maximum Gasteiger partial charge on any atom is 0.305 e. The van der Waals surface area contributed by atoms with Gasteiger partial charge in [-0.05, 0) is 83.5 Å². The van der Waals surface area contributed by atoms with Crippen molar-refractivity contribution in [3.8, 4) is 0 Å². The van der Waals surface area contributed by atoms with E-state index >= 15 is 0 Å². The van der Waals surface area contributed by atoms with Crippen molar-refractivity contribution < 1.29 is 24.5 Å². The first kappa shape index (κ1) is 66.1. The van der Waals surface area contributed by atoms with Gasteiger partial charge in [0.1, 0.15) is 0 Å². The first-order valence-corrected chi connectivity index (χ1v) is 30.3. The van der Waals surface area contributed by atoms with E-state index in [0.29, 0.717) is 19.4 Å². The first-order chi connectivity index (χ1) is 33.5. The Morgan fingerprint density at radius 1 is 0.397 bits per heavy atom. The molecule has 0 heterocycles. The summed E-state index contributed by atoms with van der Waals surface area (Å²) in [5.74, 6) is -0.0758. The largest absolute Gasteiger partial charge is 0.466 e. The minimum Gasteiger partial charge on any atom is -0.466 e. The zero-order chi connectivity index (χ0) is 49.3. The number of ether oxygens (including phenoxy) is 1. The molecule has 0 aliphatic carbocycles. The van der Waals surface area contributed by atoms with Gasteiger partial charge in [0.05, 0.1) is 25.4 Å². The quantitative estimate of drug-likeness (QED) is 0.0321. The van der Waals surface area contributed by atoms with E-state index in [-0.39, 0.29) is 18.5 Å². The molecule has 0 aromatic heterocycles. The maximum absolute atomic E-state index is 12.5. The molecule has 2 atom stereocenters. The number of rotatable bonds is 56. The molecule has 0 saturated heterocycles. The molecule has 68 heavy (non-hydrogen) atoms. The van der Waals surface area contributed by atoms with Crippen LogP contribution in [0.15, 0.2) is 36.5 Å². The van der Waals surface area contributed by atoms with Crippen molar-refractivity contribution in [3.63, 3.8) is 0 Å². The fourth-order valence-electron chi connectivity index (χ4n) is 9.21. The molecular weight excluding hydrogens is 839 g/mol. The lowest BCUT2D eigenvalue weighted by atomic mass is 10.0. The lowest BCUT2D eigenvalue weighted by Gasteiger charge is -2.20. The van der Waals surface area contributed by atoms with Gasteiger partial charge in [-0.25, -0.2) is 0 Å². The topological polar surface area (TPSA) is 95.9 Å². The number of esters is 1. The molecular formula is C62H117NO5. The average Bonchev–Trinajstić information content (AvgIpc) is 3.34. The fourth-order valence-corrected chi connectivity index (χ4v) is 9.21. The van der Waals surface area contributed by atoms with Crippen molar-refractivity contribution in [2.45, 2.75) is 334 Å². The van der Waals surface area contributed by atoms with Crippen LogP contribution in [0.5, 0.6) is 0 Å². The van der Waals surface area contributed by atoms with Crippen molar-refractivity contribution in [3.05, 3.63) is 36.5 Å². The van der Waals surface area contributed by atoms with Crippen LogP contribution in [-0.2, 0) is 14.3 Å². The molecule has 0 aliphatic rings. The summed E-state index contributed by atoms with van der Waals surface area (Å²) in [5.41, 5.74) is 0. The molecule has 0 rings (SSSR count). The smallest absolute Gasteiger partial charge is 0.305 e. The van der Waals surface area contributed by atoms with E-state index in [2.05, 4.69) is 43.5 Å². The molecule has 0 saturated carbocycles. The number of carbonyl (C=O) groups excluding carboxylic acids is 2. The Kier molecular flexibility index (Phi) is 56.0. The van der Waals surface area contributed by atoms with E-state index in [0.717, 1.165) is 51.4 Å². The Labute approximate surface area is 424 Å². The van der Waals surface area contributed by atoms with Crippen LogP contribution in [0, 0.1) is 0 Å². The second-order valence-corrected chi connectivity index (χ2v) is 20.7. The van der Waals surface area contributed by atoms with E-state index < -0.39 is 12.1 Å². The van der Waals surface area contributed by atoms with Gasteiger partial charge < -0.3 is 20.3 Å². The molecule has 6 heteroatoms. The standard InChI is InChI=1S/C62H117NO5/c1-3-5-7-9-11-13-15-17-19-27-30-34-38-42-46-50-54-60(65)59(58-64)63-61(66)55-51-47-43-39-35-31-28-25-23-21-20-22-24-26-29-33-37-41-45-49-53-57-68-62(67)56-52-48-44-40-36-32-18-16-14-12-10-8-6-4-2/h16,18,21,23,50,54,59-60,64-65H,3-15,17,19-20,22,24-49,51-53,55-58H2,1-2H3,(H,63,66)/b18-16-,23-21-,54-50+. The van der Waals surface area contributed by atoms with Crippen molar-refractivity contribution in [2.24, 2.45) is 0 Å². The Hall–Kier alpha value is -1.92. The zero-order valence-electron chi connectivity index (χ0n) is 45.6. The summed E-state index contributed by atoms with van der Waals surface area (Å²) >= 11 is 0. The molecule has 0 fully saturated rings. The van der Waals surface area contributed by atoms with Gasteiger partial charge in [0.15, 0.2) is 0 Å². The summed E-state index contributed by atoms with van der Waals surface area (Å²) in [6, 6.07) is -0.634. The van der Waals surface area contributed by atoms with Crippen LogP contribution in [-0.4, -0.2) is 47.4 Å². The van der Waals surface area contributed by atoms with E-state index in [1.54, 1.807) is 6.08 Å². The van der Waals surface area contributed by atoms with Crippen molar-refractivity contribution in [2.75, 3.05) is 13.2 Å². The number of hydrogen-bond donors (Lipinski definition) is 3. The van der Waals surface area contributed by atoms with Crippen molar-refractivity contribution >= 4 is 11.9 Å². The van der Waals surface area contributed by atoms with Gasteiger partial charge in [-0.3, -0.25) is 9.59 Å². The highest BCUT2D eigenvalue weighted by Gasteiger charge is 2.18. The average molecular weight is 957 g/mol. The number of amides is 1. The van der Waals surface area contributed by atoms with Gasteiger partial charge in [0, 0.05) is 12.8 Å².